The smallest absolute Gasteiger partial charge is 0.276 e. The quantitative estimate of drug-likeness (QED) is 0.427. The van der Waals surface area contributed by atoms with Crippen molar-refractivity contribution in [2.45, 2.75) is 45.6 Å². The first-order valence-corrected chi connectivity index (χ1v) is 13.2. The van der Waals surface area contributed by atoms with Crippen LogP contribution in [-0.2, 0) is 13.0 Å². The summed E-state index contributed by atoms with van der Waals surface area (Å²) >= 11 is 1.55. The zero-order chi connectivity index (χ0) is 24.8. The van der Waals surface area contributed by atoms with Crippen molar-refractivity contribution >= 4 is 28.8 Å². The maximum Gasteiger partial charge on any atom is 0.276 e. The summed E-state index contributed by atoms with van der Waals surface area (Å²) in [6.45, 7) is 6.33. The van der Waals surface area contributed by atoms with E-state index in [1.54, 1.807) is 15.9 Å². The summed E-state index contributed by atoms with van der Waals surface area (Å²) in [6.07, 6.45) is 2.49. The van der Waals surface area contributed by atoms with Crippen LogP contribution in [-0.4, -0.2) is 66.0 Å². The predicted molar refractivity (Wildman–Crippen MR) is 135 cm³/mol. The Morgan fingerprint density at radius 2 is 1.75 bits per heavy atom. The van der Waals surface area contributed by atoms with Gasteiger partial charge in [-0.3, -0.25) is 9.59 Å². The topological polar surface area (TPSA) is 96.6 Å². The molecule has 2 aliphatic rings. The number of aryl methyl sites for hydroxylation is 2. The predicted octanol–water partition coefficient (Wildman–Crippen LogP) is 3.42. The molecule has 2 amide bonds. The van der Waals surface area contributed by atoms with E-state index in [-0.39, 0.29) is 17.7 Å². The van der Waals surface area contributed by atoms with E-state index < -0.39 is 0 Å². The summed E-state index contributed by atoms with van der Waals surface area (Å²) in [5.41, 5.74) is 5.58. The van der Waals surface area contributed by atoms with Gasteiger partial charge in [-0.1, -0.05) is 24.3 Å². The normalized spacial score (nSPS) is 16.4. The van der Waals surface area contributed by atoms with Crippen molar-refractivity contribution in [1.82, 2.24) is 34.6 Å². The molecule has 0 spiro atoms. The lowest BCUT2D eigenvalue weighted by molar-refractivity contribution is 0.0703. The zero-order valence-electron chi connectivity index (χ0n) is 20.3. The number of benzene rings is 1. The van der Waals surface area contributed by atoms with E-state index in [9.17, 15) is 9.59 Å². The maximum absolute atomic E-state index is 13.2. The SMILES string of the molecule is Cc1cc2nnc(C(=O)N3CCC(c4nc(C(=O)N5CCc6ccccc6C5)cs4)CC3)c(C)n2n1. The molecule has 6 rings (SSSR count). The van der Waals surface area contributed by atoms with Crippen LogP contribution < -0.4 is 0 Å². The third-order valence-electron chi connectivity index (χ3n) is 7.22. The molecule has 2 aliphatic heterocycles. The summed E-state index contributed by atoms with van der Waals surface area (Å²) in [7, 11) is 0. The second-order valence-corrected chi connectivity index (χ2v) is 10.5. The van der Waals surface area contributed by atoms with Crippen molar-refractivity contribution in [3.05, 3.63) is 74.6 Å². The molecular weight excluding hydrogens is 474 g/mol. The highest BCUT2D eigenvalue weighted by atomic mass is 32.1. The van der Waals surface area contributed by atoms with Gasteiger partial charge in [0.05, 0.1) is 16.4 Å². The lowest BCUT2D eigenvalue weighted by Gasteiger charge is -2.31. The number of rotatable bonds is 3. The molecule has 5 heterocycles. The number of likely N-dealkylation sites (tertiary alicyclic amines) is 1. The Balaban J connectivity index is 1.10. The van der Waals surface area contributed by atoms with Crippen LogP contribution in [0.2, 0.25) is 0 Å². The van der Waals surface area contributed by atoms with Gasteiger partial charge in [0.1, 0.15) is 5.69 Å². The Morgan fingerprint density at radius 1 is 0.972 bits per heavy atom. The van der Waals surface area contributed by atoms with Gasteiger partial charge in [0.15, 0.2) is 11.3 Å². The summed E-state index contributed by atoms with van der Waals surface area (Å²) < 4.78 is 1.68. The number of nitrogens with zero attached hydrogens (tertiary/aromatic N) is 7. The van der Waals surface area contributed by atoms with Gasteiger partial charge >= 0.3 is 0 Å². The monoisotopic (exact) mass is 501 g/mol. The zero-order valence-corrected chi connectivity index (χ0v) is 21.2. The molecule has 184 valence electrons. The number of thiazole rings is 1. The van der Waals surface area contributed by atoms with Crippen molar-refractivity contribution < 1.29 is 9.59 Å². The van der Waals surface area contributed by atoms with Gasteiger partial charge in [0.25, 0.3) is 11.8 Å². The van der Waals surface area contributed by atoms with E-state index >= 15 is 0 Å². The molecule has 0 radical (unpaired) electrons. The van der Waals surface area contributed by atoms with Crippen molar-refractivity contribution in [1.29, 1.82) is 0 Å². The molecule has 0 saturated carbocycles. The first kappa shape index (κ1) is 22.8. The van der Waals surface area contributed by atoms with Crippen molar-refractivity contribution in [2.24, 2.45) is 0 Å². The standard InChI is InChI=1S/C26H27N7O2S/c1-16-13-22-28-29-23(17(2)33(22)30-16)26(35)31-10-8-19(9-11-31)24-27-21(15-36-24)25(34)32-12-7-18-5-3-4-6-20(18)14-32/h3-6,13,15,19H,7-12,14H2,1-2H3. The van der Waals surface area contributed by atoms with Gasteiger partial charge < -0.3 is 9.80 Å². The molecule has 9 nitrogen and oxygen atoms in total. The lowest BCUT2D eigenvalue weighted by atomic mass is 9.97. The van der Waals surface area contributed by atoms with E-state index in [2.05, 4.69) is 33.5 Å². The van der Waals surface area contributed by atoms with Gasteiger partial charge in [-0.05, 0) is 44.2 Å². The highest BCUT2D eigenvalue weighted by Gasteiger charge is 2.30. The Kier molecular flexibility index (Phi) is 5.75. The minimum atomic E-state index is -0.117. The summed E-state index contributed by atoms with van der Waals surface area (Å²) in [6, 6.07) is 10.2. The van der Waals surface area contributed by atoms with Crippen molar-refractivity contribution in [2.75, 3.05) is 19.6 Å². The van der Waals surface area contributed by atoms with Gasteiger partial charge in [-0.2, -0.15) is 5.10 Å². The largest absolute Gasteiger partial charge is 0.337 e. The second kappa shape index (κ2) is 9.09. The number of carbonyl (C=O) groups excluding carboxylic acids is 2. The van der Waals surface area contributed by atoms with E-state index in [4.69, 9.17) is 4.98 Å². The van der Waals surface area contributed by atoms with Crippen LogP contribution in [0.5, 0.6) is 0 Å². The summed E-state index contributed by atoms with van der Waals surface area (Å²) in [4.78, 5) is 34.8. The third kappa shape index (κ3) is 4.05. The molecular formula is C26H27N7O2S. The van der Waals surface area contributed by atoms with Gasteiger partial charge in [-0.25, -0.2) is 9.50 Å². The van der Waals surface area contributed by atoms with E-state index in [1.807, 2.05) is 41.2 Å². The van der Waals surface area contributed by atoms with Gasteiger partial charge in [0.2, 0.25) is 0 Å². The van der Waals surface area contributed by atoms with Crippen molar-refractivity contribution in [3.8, 4) is 0 Å². The van der Waals surface area contributed by atoms with Crippen molar-refractivity contribution in [3.63, 3.8) is 0 Å². The summed E-state index contributed by atoms with van der Waals surface area (Å²) in [5.74, 6) is 0.123. The molecule has 0 N–H and O–H groups in total. The Morgan fingerprint density at radius 3 is 2.56 bits per heavy atom. The summed E-state index contributed by atoms with van der Waals surface area (Å²) in [5, 5.41) is 15.7. The molecule has 1 aromatic carbocycles. The van der Waals surface area contributed by atoms with Gasteiger partial charge in [-0.15, -0.1) is 21.5 Å². The number of aromatic nitrogens is 5. The molecule has 0 unspecified atom stereocenters. The average molecular weight is 502 g/mol. The molecule has 0 aliphatic carbocycles. The fourth-order valence-electron chi connectivity index (χ4n) is 5.16. The van der Waals surface area contributed by atoms with E-state index in [1.165, 1.54) is 11.1 Å². The molecule has 4 aromatic rings. The van der Waals surface area contributed by atoms with Gasteiger partial charge in [0, 0.05) is 43.5 Å². The highest BCUT2D eigenvalue weighted by molar-refractivity contribution is 7.09. The fourth-order valence-corrected chi connectivity index (χ4v) is 6.12. The third-order valence-corrected chi connectivity index (χ3v) is 8.23. The Hall–Kier alpha value is -3.66. The maximum atomic E-state index is 13.2. The van der Waals surface area contributed by atoms with Crippen LogP contribution in [0.3, 0.4) is 0 Å². The number of amides is 2. The van der Waals surface area contributed by atoms with Crippen LogP contribution in [0.1, 0.15) is 67.3 Å². The van der Waals surface area contributed by atoms with Crippen LogP contribution in [0.25, 0.3) is 5.65 Å². The van der Waals surface area contributed by atoms with Crippen LogP contribution in [0.4, 0.5) is 0 Å². The van der Waals surface area contributed by atoms with Crippen LogP contribution in [0.15, 0.2) is 35.7 Å². The number of carbonyl (C=O) groups is 2. The molecule has 36 heavy (non-hydrogen) atoms. The molecule has 1 fully saturated rings. The molecule has 3 aromatic heterocycles. The number of fused-ring (bicyclic) bond motifs is 2. The number of hydrogen-bond acceptors (Lipinski definition) is 7. The molecule has 0 bridgehead atoms. The van der Waals surface area contributed by atoms with E-state index in [0.29, 0.717) is 42.4 Å². The first-order chi connectivity index (χ1) is 17.5. The fraction of sp³-hybridized carbons (Fsp3) is 0.385. The number of hydrogen-bond donors (Lipinski definition) is 0. The molecule has 10 heteroatoms. The highest BCUT2D eigenvalue weighted by Crippen LogP contribution is 2.31. The molecule has 1 saturated heterocycles. The Bertz CT molecular complexity index is 1470. The van der Waals surface area contributed by atoms with Crippen LogP contribution in [0, 0.1) is 13.8 Å². The number of piperidine rings is 1. The first-order valence-electron chi connectivity index (χ1n) is 12.3. The minimum absolute atomic E-state index is 0.00193. The Labute approximate surface area is 212 Å². The minimum Gasteiger partial charge on any atom is -0.337 e. The average Bonchev–Trinajstić information content (AvgIpc) is 3.55. The second-order valence-electron chi connectivity index (χ2n) is 9.57. The molecule has 0 atom stereocenters. The lowest BCUT2D eigenvalue weighted by Crippen LogP contribution is -2.39. The van der Waals surface area contributed by atoms with Crippen LogP contribution >= 0.6 is 11.3 Å². The van der Waals surface area contributed by atoms with E-state index in [0.717, 1.165) is 36.5 Å².